The molecule has 3 fully saturated rings. The highest BCUT2D eigenvalue weighted by atomic mass is 19.4. The number of nitrogens with one attached hydrogen (secondary N) is 1. The van der Waals surface area contributed by atoms with Crippen LogP contribution in [0.25, 0.3) is 0 Å². The summed E-state index contributed by atoms with van der Waals surface area (Å²) in [6.45, 7) is 6.94. The van der Waals surface area contributed by atoms with E-state index >= 15 is 0 Å². The lowest BCUT2D eigenvalue weighted by Crippen LogP contribution is -2.52. The molecule has 0 spiro atoms. The van der Waals surface area contributed by atoms with E-state index in [9.17, 15) is 27.6 Å². The normalized spacial score (nSPS) is 20.9. The van der Waals surface area contributed by atoms with E-state index in [1.54, 1.807) is 22.1 Å². The van der Waals surface area contributed by atoms with E-state index in [0.29, 0.717) is 44.5 Å². The van der Waals surface area contributed by atoms with Crippen molar-refractivity contribution in [3.05, 3.63) is 52.8 Å². The summed E-state index contributed by atoms with van der Waals surface area (Å²) in [7, 11) is 0. The first-order valence-corrected chi connectivity index (χ1v) is 14.5. The Morgan fingerprint density at radius 2 is 1.61 bits per heavy atom. The Kier molecular flexibility index (Phi) is 8.16. The number of halogens is 3. The second kappa shape index (κ2) is 11.5. The van der Waals surface area contributed by atoms with Crippen LogP contribution in [0.15, 0.2) is 30.5 Å². The van der Waals surface area contributed by atoms with Gasteiger partial charge in [0.2, 0.25) is 11.8 Å². The Morgan fingerprint density at radius 1 is 0.951 bits per heavy atom. The molecule has 0 unspecified atom stereocenters. The molecule has 0 radical (unpaired) electrons. The fourth-order valence-corrected chi connectivity index (χ4v) is 6.33. The number of benzene rings is 1. The van der Waals surface area contributed by atoms with Gasteiger partial charge in [-0.3, -0.25) is 19.1 Å². The van der Waals surface area contributed by atoms with Gasteiger partial charge in [0, 0.05) is 44.9 Å². The van der Waals surface area contributed by atoms with E-state index in [4.69, 9.17) is 0 Å². The van der Waals surface area contributed by atoms with E-state index in [2.05, 4.69) is 10.4 Å². The molecule has 8 nitrogen and oxygen atoms in total. The van der Waals surface area contributed by atoms with Gasteiger partial charge in [-0.2, -0.15) is 18.3 Å². The largest absolute Gasteiger partial charge is 0.416 e. The number of piperidine rings is 1. The third-order valence-electron chi connectivity index (χ3n) is 8.62. The van der Waals surface area contributed by atoms with Crippen LogP contribution < -0.4 is 5.32 Å². The summed E-state index contributed by atoms with van der Waals surface area (Å²) in [6.07, 6.45) is 0.977. The van der Waals surface area contributed by atoms with Gasteiger partial charge in [0.15, 0.2) is 0 Å². The van der Waals surface area contributed by atoms with E-state index in [-0.39, 0.29) is 53.6 Å². The lowest BCUT2D eigenvalue weighted by molar-refractivity contribution is -0.138. The van der Waals surface area contributed by atoms with Crippen LogP contribution in [-0.2, 0) is 15.8 Å². The third kappa shape index (κ3) is 6.13. The highest BCUT2D eigenvalue weighted by Gasteiger charge is 2.40. The minimum Gasteiger partial charge on any atom is -0.344 e. The van der Waals surface area contributed by atoms with Crippen LogP contribution in [0.4, 0.5) is 13.2 Å². The zero-order valence-corrected chi connectivity index (χ0v) is 23.8. The van der Waals surface area contributed by atoms with Crippen LogP contribution in [-0.4, -0.2) is 69.5 Å². The Balaban J connectivity index is 1.28. The maximum absolute atomic E-state index is 13.7. The highest BCUT2D eigenvalue weighted by Crippen LogP contribution is 2.44. The lowest BCUT2D eigenvalue weighted by Gasteiger charge is -2.36. The topological polar surface area (TPSA) is 87.5 Å². The Morgan fingerprint density at radius 3 is 2.22 bits per heavy atom. The van der Waals surface area contributed by atoms with Crippen molar-refractivity contribution in [2.45, 2.75) is 83.0 Å². The van der Waals surface area contributed by atoms with Crippen molar-refractivity contribution in [2.24, 2.45) is 5.92 Å². The van der Waals surface area contributed by atoms with Gasteiger partial charge >= 0.3 is 6.18 Å². The van der Waals surface area contributed by atoms with Gasteiger partial charge in [-0.25, -0.2) is 0 Å². The number of aromatic nitrogens is 2. The molecule has 11 heteroatoms. The summed E-state index contributed by atoms with van der Waals surface area (Å²) >= 11 is 0. The molecule has 0 bridgehead atoms. The molecule has 2 saturated heterocycles. The molecule has 2 aliphatic heterocycles. The van der Waals surface area contributed by atoms with Crippen molar-refractivity contribution in [2.75, 3.05) is 26.2 Å². The molecule has 1 aliphatic carbocycles. The molecule has 2 aromatic rings. The van der Waals surface area contributed by atoms with Gasteiger partial charge in [0.25, 0.3) is 5.91 Å². The summed E-state index contributed by atoms with van der Waals surface area (Å²) < 4.78 is 42.8. The Labute approximate surface area is 238 Å². The van der Waals surface area contributed by atoms with Crippen molar-refractivity contribution < 1.29 is 27.6 Å². The molecule has 1 aromatic carbocycles. The van der Waals surface area contributed by atoms with Crippen molar-refractivity contribution in [1.82, 2.24) is 24.9 Å². The smallest absolute Gasteiger partial charge is 0.344 e. The van der Waals surface area contributed by atoms with E-state index in [1.165, 1.54) is 19.1 Å². The number of hydrogen-bond acceptors (Lipinski definition) is 4. The van der Waals surface area contributed by atoms with Gasteiger partial charge in [0.1, 0.15) is 6.04 Å². The summed E-state index contributed by atoms with van der Waals surface area (Å²) in [5.41, 5.74) is 1.07. The second-order valence-electron chi connectivity index (χ2n) is 12.0. The van der Waals surface area contributed by atoms with E-state index < -0.39 is 17.8 Å². The second-order valence-corrected chi connectivity index (χ2v) is 12.0. The van der Waals surface area contributed by atoms with Gasteiger partial charge < -0.3 is 15.1 Å². The van der Waals surface area contributed by atoms with Crippen LogP contribution in [0.1, 0.15) is 97.9 Å². The quantitative estimate of drug-likeness (QED) is 0.519. The molecule has 2 atom stereocenters. The lowest BCUT2D eigenvalue weighted by atomic mass is 9.93. The number of nitrogens with zero attached hydrogens (tertiary/aromatic N) is 4. The van der Waals surface area contributed by atoms with Crippen LogP contribution in [0, 0.1) is 5.92 Å². The fraction of sp³-hybridized carbons (Fsp3) is 0.600. The molecule has 3 heterocycles. The summed E-state index contributed by atoms with van der Waals surface area (Å²) in [5.74, 6) is -0.646. The number of amides is 3. The zero-order valence-electron chi connectivity index (χ0n) is 23.8. The number of alkyl halides is 3. The average molecular weight is 574 g/mol. The number of hydrogen-bond donors (Lipinski definition) is 1. The van der Waals surface area contributed by atoms with Crippen LogP contribution >= 0.6 is 0 Å². The fourth-order valence-electron chi connectivity index (χ4n) is 6.33. The first kappa shape index (κ1) is 29.1. The SMILES string of the molecule is CC(=O)N[C@H](C(=O)N1CCC(n2ncc(C(=O)N3CC[C@@H](c4ccccc4C(F)(F)F)C3)c2C2CC2)CC1)C(C)C. The van der Waals surface area contributed by atoms with Crippen molar-refractivity contribution >= 4 is 17.7 Å². The summed E-state index contributed by atoms with van der Waals surface area (Å²) in [4.78, 5) is 41.9. The molecule has 5 rings (SSSR count). The first-order valence-electron chi connectivity index (χ1n) is 14.5. The first-order chi connectivity index (χ1) is 19.5. The van der Waals surface area contributed by atoms with Crippen LogP contribution in [0.5, 0.6) is 0 Å². The summed E-state index contributed by atoms with van der Waals surface area (Å²) in [5, 5.41) is 7.42. The molecule has 41 heavy (non-hydrogen) atoms. The summed E-state index contributed by atoms with van der Waals surface area (Å²) in [6, 6.07) is 5.12. The Bertz CT molecular complexity index is 1290. The molecule has 1 aromatic heterocycles. The van der Waals surface area contributed by atoms with Gasteiger partial charge in [-0.1, -0.05) is 32.0 Å². The van der Waals surface area contributed by atoms with Gasteiger partial charge in [-0.15, -0.1) is 0 Å². The number of rotatable bonds is 7. The van der Waals surface area contributed by atoms with Crippen molar-refractivity contribution in [3.8, 4) is 0 Å². The zero-order chi connectivity index (χ0) is 29.5. The predicted octanol–water partition coefficient (Wildman–Crippen LogP) is 4.73. The monoisotopic (exact) mass is 573 g/mol. The minimum atomic E-state index is -4.44. The number of likely N-dealkylation sites (tertiary alicyclic amines) is 2. The minimum absolute atomic E-state index is 0.0302. The predicted molar refractivity (Wildman–Crippen MR) is 146 cm³/mol. The molecular weight excluding hydrogens is 535 g/mol. The number of carbonyl (C=O) groups excluding carboxylic acids is 3. The molecule has 222 valence electrons. The van der Waals surface area contributed by atoms with Crippen LogP contribution in [0.2, 0.25) is 0 Å². The Hall–Kier alpha value is -3.37. The molecule has 1 N–H and O–H groups in total. The highest BCUT2D eigenvalue weighted by molar-refractivity contribution is 5.95. The van der Waals surface area contributed by atoms with E-state index in [1.807, 2.05) is 18.5 Å². The molecule has 3 amide bonds. The maximum atomic E-state index is 13.7. The van der Waals surface area contributed by atoms with Gasteiger partial charge in [-0.05, 0) is 49.7 Å². The average Bonchev–Trinajstić information content (AvgIpc) is 3.48. The van der Waals surface area contributed by atoms with E-state index in [0.717, 1.165) is 24.6 Å². The van der Waals surface area contributed by atoms with Crippen LogP contribution in [0.3, 0.4) is 0 Å². The molecule has 3 aliphatic rings. The maximum Gasteiger partial charge on any atom is 0.416 e. The molecular formula is C30H38F3N5O3. The van der Waals surface area contributed by atoms with Gasteiger partial charge in [0.05, 0.1) is 29.1 Å². The third-order valence-corrected chi connectivity index (χ3v) is 8.62. The molecule has 1 saturated carbocycles. The van der Waals surface area contributed by atoms with Crippen molar-refractivity contribution in [1.29, 1.82) is 0 Å². The number of carbonyl (C=O) groups is 3. The van der Waals surface area contributed by atoms with Crippen molar-refractivity contribution in [3.63, 3.8) is 0 Å². The standard InChI is InChI=1S/C30H38F3N5O3/c1-18(2)26(35-19(3)39)29(41)36-14-11-22(12-15-36)38-27(20-8-9-20)24(16-34-38)28(40)37-13-10-21(17-37)23-6-4-5-7-25(23)30(31,32)33/h4-7,16,18,20-22,26H,8-15,17H2,1-3H3,(H,35,39)/t21-,26+/m1/s1.